The van der Waals surface area contributed by atoms with E-state index in [1.54, 1.807) is 0 Å². The van der Waals surface area contributed by atoms with Gasteiger partial charge in [0, 0.05) is 12.8 Å². The van der Waals surface area contributed by atoms with Gasteiger partial charge < -0.3 is 18.9 Å². The molecule has 60 heavy (non-hydrogen) atoms. The minimum Gasteiger partial charge on any atom is -0.462 e. The molecule has 1 N–H and O–H groups in total. The molecule has 0 aliphatic heterocycles. The van der Waals surface area contributed by atoms with Gasteiger partial charge in [-0.2, -0.15) is 0 Å². The molecule has 0 heterocycles. The molecule has 0 aromatic rings. The third kappa shape index (κ3) is 44.5. The minimum atomic E-state index is -4.41. The molecule has 0 bridgehead atoms. The highest BCUT2D eigenvalue weighted by molar-refractivity contribution is 7.47. The number of esters is 2. The fourth-order valence-electron chi connectivity index (χ4n) is 5.53. The normalized spacial score (nSPS) is 14.4. The van der Waals surface area contributed by atoms with Crippen LogP contribution >= 0.6 is 7.82 Å². The Bertz CT molecular complexity index is 1340. The van der Waals surface area contributed by atoms with Crippen LogP contribution in [0.3, 0.4) is 0 Å². The van der Waals surface area contributed by atoms with Crippen LogP contribution in [-0.2, 0) is 32.7 Å². The summed E-state index contributed by atoms with van der Waals surface area (Å²) in [6, 6.07) is 0. The smallest absolute Gasteiger partial charge is 0.462 e. The fraction of sp³-hybridized carbons (Fsp3) is 0.640. The monoisotopic (exact) mass is 859 g/mol. The molecule has 0 aromatic carbocycles. The lowest BCUT2D eigenvalue weighted by Gasteiger charge is -2.24. The first-order chi connectivity index (χ1) is 29.0. The molecular weight excluding hydrogens is 774 g/mol. The molecule has 0 saturated heterocycles. The molecule has 9 nitrogen and oxygen atoms in total. The first-order valence-corrected chi connectivity index (χ1v) is 24.5. The summed E-state index contributed by atoms with van der Waals surface area (Å²) in [5, 5.41) is 0. The topological polar surface area (TPSA) is 108 Å². The van der Waals surface area contributed by atoms with Gasteiger partial charge in [-0.1, -0.05) is 150 Å². The zero-order valence-corrected chi connectivity index (χ0v) is 39.3. The zero-order valence-electron chi connectivity index (χ0n) is 38.4. The number of rotatable bonds is 40. The van der Waals surface area contributed by atoms with Crippen LogP contribution in [0.1, 0.15) is 155 Å². The van der Waals surface area contributed by atoms with Crippen molar-refractivity contribution in [1.82, 2.24) is 0 Å². The molecule has 0 fully saturated rings. The van der Waals surface area contributed by atoms with E-state index in [2.05, 4.69) is 111 Å². The van der Waals surface area contributed by atoms with E-state index in [1.165, 1.54) is 51.4 Å². The van der Waals surface area contributed by atoms with Crippen LogP contribution in [0.4, 0.5) is 0 Å². The van der Waals surface area contributed by atoms with Crippen molar-refractivity contribution in [2.24, 2.45) is 0 Å². The number of carbonyl (C=O) groups excluding carboxylic acids is 2. The number of carbonyl (C=O) groups is 2. The van der Waals surface area contributed by atoms with Crippen LogP contribution in [0.15, 0.2) is 97.2 Å². The Labute approximate surface area is 366 Å². The Morgan fingerprint density at radius 1 is 0.533 bits per heavy atom. The molecule has 342 valence electrons. The Morgan fingerprint density at radius 2 is 0.967 bits per heavy atom. The van der Waals surface area contributed by atoms with Crippen molar-refractivity contribution in [3.8, 4) is 0 Å². The van der Waals surface area contributed by atoms with Crippen LogP contribution in [0.2, 0.25) is 0 Å². The van der Waals surface area contributed by atoms with Gasteiger partial charge in [0.25, 0.3) is 0 Å². The second-order valence-corrected chi connectivity index (χ2v) is 17.5. The van der Waals surface area contributed by atoms with E-state index >= 15 is 0 Å². The highest BCUT2D eigenvalue weighted by Crippen LogP contribution is 2.43. The van der Waals surface area contributed by atoms with Gasteiger partial charge in [0.15, 0.2) is 6.10 Å². The van der Waals surface area contributed by atoms with Gasteiger partial charge in [0.05, 0.1) is 27.7 Å². The van der Waals surface area contributed by atoms with Crippen LogP contribution in [0.25, 0.3) is 0 Å². The average Bonchev–Trinajstić information content (AvgIpc) is 3.20. The number of unbranched alkanes of at least 4 members (excludes halogenated alkanes) is 10. The van der Waals surface area contributed by atoms with E-state index in [-0.39, 0.29) is 26.1 Å². The number of quaternary nitrogens is 1. The summed E-state index contributed by atoms with van der Waals surface area (Å²) < 4.78 is 34.2. The number of phosphoric ester groups is 1. The molecule has 0 aromatic heterocycles. The van der Waals surface area contributed by atoms with E-state index in [4.69, 9.17) is 18.5 Å². The first-order valence-electron chi connectivity index (χ1n) is 23.0. The summed E-state index contributed by atoms with van der Waals surface area (Å²) >= 11 is 0. The molecular formula is C50H85NO8P+. The number of likely N-dealkylation sites (N-methyl/N-ethyl adjacent to an activating group) is 1. The number of hydrogen-bond acceptors (Lipinski definition) is 7. The van der Waals surface area contributed by atoms with Crippen LogP contribution in [0, 0.1) is 0 Å². The summed E-state index contributed by atoms with van der Waals surface area (Å²) in [5.74, 6) is -0.923. The maximum absolute atomic E-state index is 12.7. The summed E-state index contributed by atoms with van der Waals surface area (Å²) in [7, 11) is 1.40. The lowest BCUT2D eigenvalue weighted by molar-refractivity contribution is -0.870. The summed E-state index contributed by atoms with van der Waals surface area (Å²) in [5.41, 5.74) is 0. The molecule has 0 rings (SSSR count). The molecule has 2 atom stereocenters. The second-order valence-electron chi connectivity index (χ2n) is 16.0. The van der Waals surface area contributed by atoms with Gasteiger partial charge in [-0.25, -0.2) is 4.57 Å². The first kappa shape index (κ1) is 56.9. The van der Waals surface area contributed by atoms with Gasteiger partial charge in [-0.05, 0) is 89.9 Å². The van der Waals surface area contributed by atoms with Crippen molar-refractivity contribution in [2.45, 2.75) is 161 Å². The number of nitrogens with zero attached hydrogens (tertiary/aromatic N) is 1. The molecule has 0 aliphatic carbocycles. The SMILES string of the molecule is CC/C=C/C/C=C/C/C=C/C/C=C/CCCCC(=O)O[C@@H](COC(=O)CCC/C=C/C/C=C/C/C=C/C/C=C/CCCCCCCCC)COP(=O)(O)OCC[N+](C)(C)C. The van der Waals surface area contributed by atoms with E-state index in [1.807, 2.05) is 21.1 Å². The average molecular weight is 859 g/mol. The van der Waals surface area contributed by atoms with Gasteiger partial charge in [-0.15, -0.1) is 0 Å². The van der Waals surface area contributed by atoms with E-state index in [9.17, 15) is 19.0 Å². The molecule has 0 amide bonds. The number of hydrogen-bond donors (Lipinski definition) is 1. The Morgan fingerprint density at radius 3 is 1.47 bits per heavy atom. The van der Waals surface area contributed by atoms with E-state index < -0.39 is 32.5 Å². The van der Waals surface area contributed by atoms with Crippen molar-refractivity contribution < 1.29 is 42.1 Å². The summed E-state index contributed by atoms with van der Waals surface area (Å²) in [4.78, 5) is 35.4. The Balaban J connectivity index is 4.50. The van der Waals surface area contributed by atoms with Crippen molar-refractivity contribution in [3.05, 3.63) is 97.2 Å². The highest BCUT2D eigenvalue weighted by Gasteiger charge is 2.27. The second kappa shape index (κ2) is 41.3. The lowest BCUT2D eigenvalue weighted by atomic mass is 10.1. The maximum atomic E-state index is 12.7. The van der Waals surface area contributed by atoms with Gasteiger partial charge in [0.2, 0.25) is 0 Å². The quantitative estimate of drug-likeness (QED) is 0.0213. The maximum Gasteiger partial charge on any atom is 0.472 e. The summed E-state index contributed by atoms with van der Waals surface area (Å²) in [6.45, 7) is 4.17. The van der Waals surface area contributed by atoms with Gasteiger partial charge >= 0.3 is 19.8 Å². The Hall–Kier alpha value is -3.07. The van der Waals surface area contributed by atoms with Crippen LogP contribution in [0.5, 0.6) is 0 Å². The minimum absolute atomic E-state index is 0.00951. The lowest BCUT2D eigenvalue weighted by Crippen LogP contribution is -2.37. The molecule has 10 heteroatoms. The van der Waals surface area contributed by atoms with Crippen molar-refractivity contribution >= 4 is 19.8 Å². The van der Waals surface area contributed by atoms with Crippen molar-refractivity contribution in [3.63, 3.8) is 0 Å². The summed E-state index contributed by atoms with van der Waals surface area (Å²) in [6.07, 6.45) is 54.8. The fourth-order valence-corrected chi connectivity index (χ4v) is 6.27. The van der Waals surface area contributed by atoms with E-state index in [0.717, 1.165) is 64.2 Å². The molecule has 0 aliphatic rings. The number of ether oxygens (including phenoxy) is 2. The largest absolute Gasteiger partial charge is 0.472 e. The Kier molecular flexibility index (Phi) is 39.2. The van der Waals surface area contributed by atoms with Crippen molar-refractivity contribution in [2.75, 3.05) is 47.5 Å². The number of phosphoric acid groups is 1. The van der Waals surface area contributed by atoms with Crippen LogP contribution < -0.4 is 0 Å². The molecule has 0 saturated carbocycles. The predicted molar refractivity (Wildman–Crippen MR) is 252 cm³/mol. The molecule has 1 unspecified atom stereocenters. The highest BCUT2D eigenvalue weighted by atomic mass is 31.2. The van der Waals surface area contributed by atoms with Crippen LogP contribution in [-0.4, -0.2) is 74.9 Å². The van der Waals surface area contributed by atoms with Crippen molar-refractivity contribution in [1.29, 1.82) is 0 Å². The molecule has 0 radical (unpaired) electrons. The number of allylic oxidation sites excluding steroid dienone is 16. The third-order valence-electron chi connectivity index (χ3n) is 9.10. The van der Waals surface area contributed by atoms with Gasteiger partial charge in [-0.3, -0.25) is 18.6 Å². The third-order valence-corrected chi connectivity index (χ3v) is 10.1. The van der Waals surface area contributed by atoms with E-state index in [0.29, 0.717) is 23.9 Å². The predicted octanol–water partition coefficient (Wildman–Crippen LogP) is 13.4. The molecule has 0 spiro atoms. The van der Waals surface area contributed by atoms with Gasteiger partial charge in [0.1, 0.15) is 19.8 Å². The standard InChI is InChI=1S/C50H84NO8P/c1-6-8-10-12-14-16-18-20-22-23-24-25-26-27-29-30-32-34-36-38-40-42-49(52)56-46-48(47-58-60(54,55)57-45-44-51(3,4)5)59-50(53)43-41-39-37-35-33-31-28-21-19-17-15-13-11-9-7-2/h9,11,15,17,21-23,25-26,28-30,33-36,48H,6-8,10,12-14,16,18-20,24,27,31-32,37-47H2,1-5H3/p+1/b11-9+,17-15+,23-22+,26-25+,28-21+,30-29+,35-33+,36-34+/t48-/m0/s1. The zero-order chi connectivity index (χ0) is 44.3.